The highest BCUT2D eigenvalue weighted by atomic mass is 32.2. The third-order valence-corrected chi connectivity index (χ3v) is 6.27. The summed E-state index contributed by atoms with van der Waals surface area (Å²) in [7, 11) is -0.509. The van der Waals surface area contributed by atoms with Crippen molar-refractivity contribution in [2.45, 2.75) is 46.0 Å². The molecule has 2 atom stereocenters. The number of hydrogen-bond acceptors (Lipinski definition) is 11. The van der Waals surface area contributed by atoms with E-state index in [1.54, 1.807) is 7.11 Å². The van der Waals surface area contributed by atoms with Gasteiger partial charge in [0, 0.05) is 5.75 Å². The minimum absolute atomic E-state index is 0.150. The third kappa shape index (κ3) is 19.2. The molecule has 0 aliphatic rings. The third-order valence-electron chi connectivity index (χ3n) is 5.06. The Labute approximate surface area is 233 Å². The first-order chi connectivity index (χ1) is 18.4. The number of hydrogen-bond donors (Lipinski definition) is 1. The van der Waals surface area contributed by atoms with Crippen LogP contribution in [0.1, 0.15) is 50.7 Å². The predicted molar refractivity (Wildman–Crippen MR) is 148 cm³/mol. The first-order valence-electron chi connectivity index (χ1n) is 13.0. The van der Waals surface area contributed by atoms with Crippen molar-refractivity contribution in [1.29, 1.82) is 0 Å². The van der Waals surface area contributed by atoms with Gasteiger partial charge in [0.15, 0.2) is 0 Å². The van der Waals surface area contributed by atoms with Gasteiger partial charge in [0.05, 0.1) is 65.9 Å². The van der Waals surface area contributed by atoms with Crippen LogP contribution in [0.15, 0.2) is 24.3 Å². The number of benzene rings is 1. The first kappa shape index (κ1) is 35.2. The Morgan fingerprint density at radius 1 is 0.868 bits per heavy atom. The summed E-state index contributed by atoms with van der Waals surface area (Å²) in [5.74, 6) is 0.813. The van der Waals surface area contributed by atoms with E-state index in [1.807, 2.05) is 19.1 Å². The van der Waals surface area contributed by atoms with Gasteiger partial charge in [-0.15, -0.1) is 0 Å². The number of esters is 1. The van der Waals surface area contributed by atoms with Crippen LogP contribution in [0.25, 0.3) is 0 Å². The molecule has 0 bridgehead atoms. The second-order valence-electron chi connectivity index (χ2n) is 8.73. The van der Waals surface area contributed by atoms with Crippen LogP contribution < -0.4 is 0 Å². The van der Waals surface area contributed by atoms with E-state index >= 15 is 0 Å². The summed E-state index contributed by atoms with van der Waals surface area (Å²) in [6.45, 7) is 9.73. The molecule has 220 valence electrons. The number of rotatable bonds is 25. The molecule has 0 saturated carbocycles. The number of carbonyl (C=O) groups is 1. The molecule has 0 aliphatic heterocycles. The average Bonchev–Trinajstić information content (AvgIpc) is 2.90. The SMILES string of the molecule is COSCCOCCOCCOCCOOP(O)OCCCCOC(=O)C(C)c1ccc(CC(C)C)cc1. The fraction of sp³-hybridized carbons (Fsp3) is 0.731. The van der Waals surface area contributed by atoms with Crippen molar-refractivity contribution in [1.82, 2.24) is 0 Å². The molecule has 0 aliphatic carbocycles. The fourth-order valence-corrected chi connectivity index (χ4v) is 3.95. The monoisotopic (exact) mass is 580 g/mol. The highest BCUT2D eigenvalue weighted by Crippen LogP contribution is 2.33. The first-order valence-corrected chi connectivity index (χ1v) is 15.0. The van der Waals surface area contributed by atoms with E-state index in [9.17, 15) is 9.69 Å². The van der Waals surface area contributed by atoms with E-state index in [0.717, 1.165) is 17.7 Å². The molecule has 2 unspecified atom stereocenters. The molecule has 0 spiro atoms. The van der Waals surface area contributed by atoms with Gasteiger partial charge in [-0.2, -0.15) is 4.67 Å². The number of unbranched alkanes of at least 4 members (excludes halogenated alkanes) is 1. The van der Waals surface area contributed by atoms with Gasteiger partial charge < -0.3 is 32.5 Å². The smallest absolute Gasteiger partial charge is 0.360 e. The van der Waals surface area contributed by atoms with Crippen molar-refractivity contribution in [3.63, 3.8) is 0 Å². The molecule has 1 aromatic carbocycles. The van der Waals surface area contributed by atoms with Crippen LogP contribution in [0.2, 0.25) is 0 Å². The van der Waals surface area contributed by atoms with Crippen LogP contribution >= 0.6 is 20.6 Å². The standard InChI is InChI=1S/C26H45O10PS/c1-22(2)21-24-7-9-25(10-8-24)23(3)26(27)33-11-5-6-12-35-37(28)36-34-18-17-31-14-13-30-15-16-32-19-20-38-29-4/h7-10,22-23,28H,5-6,11-21H2,1-4H3. The van der Waals surface area contributed by atoms with Crippen molar-refractivity contribution < 1.29 is 46.9 Å². The van der Waals surface area contributed by atoms with Gasteiger partial charge in [0.2, 0.25) is 0 Å². The van der Waals surface area contributed by atoms with E-state index in [2.05, 4.69) is 26.0 Å². The van der Waals surface area contributed by atoms with E-state index in [1.165, 1.54) is 17.6 Å². The normalized spacial score (nSPS) is 13.1. The number of carbonyl (C=O) groups excluding carboxylic acids is 1. The Morgan fingerprint density at radius 2 is 1.47 bits per heavy atom. The molecule has 1 rings (SSSR count). The summed E-state index contributed by atoms with van der Waals surface area (Å²) < 4.78 is 36.2. The molecular formula is C26H45O10PS. The second kappa shape index (κ2) is 24.0. The van der Waals surface area contributed by atoms with Gasteiger partial charge in [0.25, 0.3) is 0 Å². The Balaban J connectivity index is 1.92. The molecule has 10 nitrogen and oxygen atoms in total. The molecule has 0 heterocycles. The van der Waals surface area contributed by atoms with Gasteiger partial charge in [-0.25, -0.2) is 4.89 Å². The summed E-state index contributed by atoms with van der Waals surface area (Å²) in [5, 5.41) is 0. The molecule has 38 heavy (non-hydrogen) atoms. The molecule has 1 aromatic rings. The van der Waals surface area contributed by atoms with Crippen molar-refractivity contribution in [3.05, 3.63) is 35.4 Å². The van der Waals surface area contributed by atoms with E-state index < -0.39 is 8.60 Å². The Bertz CT molecular complexity index is 695. The summed E-state index contributed by atoms with van der Waals surface area (Å²) in [6.07, 6.45) is 2.24. The quantitative estimate of drug-likeness (QED) is 0.0428. The maximum absolute atomic E-state index is 12.3. The zero-order chi connectivity index (χ0) is 27.8. The topological polar surface area (TPSA) is 111 Å². The molecule has 1 N–H and O–H groups in total. The summed E-state index contributed by atoms with van der Waals surface area (Å²) in [5.41, 5.74) is 2.21. The van der Waals surface area contributed by atoms with Crippen LogP contribution in [0.3, 0.4) is 0 Å². The maximum atomic E-state index is 12.3. The van der Waals surface area contributed by atoms with Crippen LogP contribution in [0, 0.1) is 5.92 Å². The van der Waals surface area contributed by atoms with Crippen molar-refractivity contribution in [2.75, 3.05) is 72.3 Å². The fourth-order valence-electron chi connectivity index (χ4n) is 3.11. The van der Waals surface area contributed by atoms with Gasteiger partial charge in [-0.3, -0.25) is 4.79 Å². The van der Waals surface area contributed by atoms with E-state index in [4.69, 9.17) is 37.2 Å². The highest BCUT2D eigenvalue weighted by Gasteiger charge is 2.17. The van der Waals surface area contributed by atoms with Crippen LogP contribution in [0.5, 0.6) is 0 Å². The van der Waals surface area contributed by atoms with Gasteiger partial charge in [0.1, 0.15) is 6.61 Å². The average molecular weight is 581 g/mol. The molecule has 0 aromatic heterocycles. The zero-order valence-corrected chi connectivity index (χ0v) is 24.8. The lowest BCUT2D eigenvalue weighted by atomic mass is 9.97. The Morgan fingerprint density at radius 3 is 2.11 bits per heavy atom. The summed E-state index contributed by atoms with van der Waals surface area (Å²) >= 11 is 1.35. The Kier molecular flexibility index (Phi) is 22.2. The summed E-state index contributed by atoms with van der Waals surface area (Å²) in [4.78, 5) is 26.9. The molecular weight excluding hydrogens is 535 g/mol. The lowest BCUT2D eigenvalue weighted by Crippen LogP contribution is -2.14. The van der Waals surface area contributed by atoms with Crippen molar-refractivity contribution >= 4 is 26.6 Å². The molecule has 12 heteroatoms. The van der Waals surface area contributed by atoms with Crippen LogP contribution in [-0.2, 0) is 48.4 Å². The van der Waals surface area contributed by atoms with Gasteiger partial charge >= 0.3 is 14.6 Å². The van der Waals surface area contributed by atoms with Crippen molar-refractivity contribution in [3.8, 4) is 0 Å². The van der Waals surface area contributed by atoms with Crippen molar-refractivity contribution in [2.24, 2.45) is 5.92 Å². The lowest BCUT2D eigenvalue weighted by Gasteiger charge is -2.13. The minimum atomic E-state index is -2.14. The molecule has 0 saturated heterocycles. The summed E-state index contributed by atoms with van der Waals surface area (Å²) in [6, 6.07) is 8.13. The molecule has 0 radical (unpaired) electrons. The maximum Gasteiger partial charge on any atom is 0.360 e. The second-order valence-corrected chi connectivity index (χ2v) is 10.6. The Hall–Kier alpha value is -0.850. The molecule has 0 amide bonds. The zero-order valence-electron chi connectivity index (χ0n) is 23.1. The lowest BCUT2D eigenvalue weighted by molar-refractivity contribution is -0.223. The molecule has 0 fully saturated rings. The van der Waals surface area contributed by atoms with Crippen LogP contribution in [-0.4, -0.2) is 83.2 Å². The minimum Gasteiger partial charge on any atom is -0.465 e. The predicted octanol–water partition coefficient (Wildman–Crippen LogP) is 4.84. The largest absolute Gasteiger partial charge is 0.465 e. The van der Waals surface area contributed by atoms with Gasteiger partial charge in [-0.05, 0) is 55.3 Å². The van der Waals surface area contributed by atoms with Crippen LogP contribution in [0.4, 0.5) is 0 Å². The van der Waals surface area contributed by atoms with E-state index in [-0.39, 0.29) is 25.1 Å². The number of ether oxygens (including phenoxy) is 4. The highest BCUT2D eigenvalue weighted by molar-refractivity contribution is 7.94. The van der Waals surface area contributed by atoms with E-state index in [0.29, 0.717) is 65.0 Å². The van der Waals surface area contributed by atoms with Gasteiger partial charge in [-0.1, -0.05) is 38.1 Å².